The van der Waals surface area contributed by atoms with Gasteiger partial charge in [-0.1, -0.05) is 26.2 Å². The van der Waals surface area contributed by atoms with Crippen molar-refractivity contribution in [3.05, 3.63) is 0 Å². The molecule has 3 heteroatoms. The summed E-state index contributed by atoms with van der Waals surface area (Å²) in [5.74, 6) is 0.385. The van der Waals surface area contributed by atoms with Gasteiger partial charge in [0.05, 0.1) is 6.61 Å². The van der Waals surface area contributed by atoms with Gasteiger partial charge in [0.25, 0.3) is 0 Å². The van der Waals surface area contributed by atoms with Gasteiger partial charge in [-0.15, -0.1) is 0 Å². The number of rotatable bonds is 3. The van der Waals surface area contributed by atoms with Crippen LogP contribution in [0.15, 0.2) is 0 Å². The molecule has 1 aliphatic rings. The van der Waals surface area contributed by atoms with Crippen molar-refractivity contribution in [2.45, 2.75) is 52.1 Å². The van der Waals surface area contributed by atoms with Crippen molar-refractivity contribution in [1.29, 1.82) is 0 Å². The molecule has 0 aliphatic heterocycles. The van der Waals surface area contributed by atoms with E-state index in [1.54, 1.807) is 6.92 Å². The largest absolute Gasteiger partial charge is 0.464 e. The average Bonchev–Trinajstić information content (AvgIpc) is 2.42. The van der Waals surface area contributed by atoms with E-state index >= 15 is 0 Å². The first kappa shape index (κ1) is 12.5. The zero-order chi connectivity index (χ0) is 11.3. The molecule has 0 radical (unpaired) electrons. The molecule has 0 aromatic carbocycles. The Morgan fingerprint density at radius 1 is 1.40 bits per heavy atom. The van der Waals surface area contributed by atoms with E-state index in [1.165, 1.54) is 6.42 Å². The molecular formula is C12H22O3. The Morgan fingerprint density at radius 2 is 2.13 bits per heavy atom. The fourth-order valence-corrected chi connectivity index (χ4v) is 2.25. The van der Waals surface area contributed by atoms with Crippen LogP contribution >= 0.6 is 0 Å². The number of aliphatic hydroxyl groups excluding tert-OH is 1. The Morgan fingerprint density at radius 3 is 2.80 bits per heavy atom. The summed E-state index contributed by atoms with van der Waals surface area (Å²) in [6, 6.07) is 0. The van der Waals surface area contributed by atoms with Crippen molar-refractivity contribution in [3.8, 4) is 0 Å². The number of ether oxygens (including phenoxy) is 1. The lowest BCUT2D eigenvalue weighted by atomic mass is 9.93. The zero-order valence-electron chi connectivity index (χ0n) is 9.74. The maximum absolute atomic E-state index is 11.4. The zero-order valence-corrected chi connectivity index (χ0v) is 9.74. The predicted molar refractivity (Wildman–Crippen MR) is 58.4 cm³/mol. The number of aliphatic hydroxyl groups is 1. The molecule has 3 unspecified atom stereocenters. The fourth-order valence-electron chi connectivity index (χ4n) is 2.25. The third-order valence-corrected chi connectivity index (χ3v) is 3.28. The summed E-state index contributed by atoms with van der Waals surface area (Å²) >= 11 is 0. The van der Waals surface area contributed by atoms with Gasteiger partial charge in [-0.05, 0) is 31.6 Å². The Labute approximate surface area is 91.8 Å². The van der Waals surface area contributed by atoms with E-state index in [0.717, 1.165) is 31.6 Å². The predicted octanol–water partition coefficient (Wildman–Crippen LogP) is 2.13. The highest BCUT2D eigenvalue weighted by molar-refractivity contribution is 5.74. The van der Waals surface area contributed by atoms with Gasteiger partial charge in [-0.25, -0.2) is 4.79 Å². The van der Waals surface area contributed by atoms with Gasteiger partial charge in [-0.3, -0.25) is 0 Å². The Bertz CT molecular complexity index is 203. The highest BCUT2D eigenvalue weighted by atomic mass is 16.5. The first-order valence-corrected chi connectivity index (χ1v) is 5.99. The van der Waals surface area contributed by atoms with Crippen molar-refractivity contribution in [2.75, 3.05) is 6.61 Å². The molecule has 0 saturated heterocycles. The van der Waals surface area contributed by atoms with E-state index in [1.807, 2.05) is 0 Å². The molecule has 0 heterocycles. The fraction of sp³-hybridized carbons (Fsp3) is 0.917. The van der Waals surface area contributed by atoms with Gasteiger partial charge in [0, 0.05) is 0 Å². The minimum atomic E-state index is -0.907. The summed E-state index contributed by atoms with van der Waals surface area (Å²) in [5.41, 5.74) is 0. The lowest BCUT2D eigenvalue weighted by Crippen LogP contribution is -2.31. The Balaban J connectivity index is 2.44. The van der Waals surface area contributed by atoms with Crippen LogP contribution < -0.4 is 0 Å². The van der Waals surface area contributed by atoms with Crippen LogP contribution in [-0.4, -0.2) is 23.8 Å². The van der Waals surface area contributed by atoms with Crippen LogP contribution in [0, 0.1) is 11.8 Å². The second-order valence-electron chi connectivity index (χ2n) is 4.57. The van der Waals surface area contributed by atoms with E-state index in [-0.39, 0.29) is 5.92 Å². The second kappa shape index (κ2) is 6.11. The first-order chi connectivity index (χ1) is 7.15. The quantitative estimate of drug-likeness (QED) is 0.578. The summed E-state index contributed by atoms with van der Waals surface area (Å²) < 4.78 is 4.84. The molecule has 3 atom stereocenters. The van der Waals surface area contributed by atoms with Crippen molar-refractivity contribution >= 4 is 5.97 Å². The van der Waals surface area contributed by atoms with E-state index in [0.29, 0.717) is 6.61 Å². The average molecular weight is 214 g/mol. The van der Waals surface area contributed by atoms with Gasteiger partial charge < -0.3 is 9.84 Å². The molecule has 0 amide bonds. The van der Waals surface area contributed by atoms with Crippen molar-refractivity contribution < 1.29 is 14.6 Å². The third kappa shape index (κ3) is 3.82. The van der Waals surface area contributed by atoms with E-state index < -0.39 is 12.1 Å². The van der Waals surface area contributed by atoms with E-state index in [9.17, 15) is 9.90 Å². The maximum Gasteiger partial charge on any atom is 0.335 e. The van der Waals surface area contributed by atoms with Crippen LogP contribution in [0.25, 0.3) is 0 Å². The van der Waals surface area contributed by atoms with Crippen molar-refractivity contribution in [3.63, 3.8) is 0 Å². The summed E-state index contributed by atoms with van der Waals surface area (Å²) in [7, 11) is 0. The van der Waals surface area contributed by atoms with Crippen molar-refractivity contribution in [1.82, 2.24) is 0 Å². The van der Waals surface area contributed by atoms with Crippen molar-refractivity contribution in [2.24, 2.45) is 11.8 Å². The highest BCUT2D eigenvalue weighted by Crippen LogP contribution is 2.29. The van der Waals surface area contributed by atoms with E-state index in [4.69, 9.17) is 4.74 Å². The van der Waals surface area contributed by atoms with Gasteiger partial charge in [0.15, 0.2) is 6.10 Å². The molecule has 88 valence electrons. The number of esters is 1. The molecule has 1 saturated carbocycles. The Hall–Kier alpha value is -0.570. The molecule has 0 bridgehead atoms. The molecule has 1 N–H and O–H groups in total. The molecule has 15 heavy (non-hydrogen) atoms. The SMILES string of the molecule is CCOC(=O)C(O)C1CCCC(C)CC1. The van der Waals surface area contributed by atoms with Gasteiger partial charge in [-0.2, -0.15) is 0 Å². The smallest absolute Gasteiger partial charge is 0.335 e. The van der Waals surface area contributed by atoms with Crippen LogP contribution in [0.3, 0.4) is 0 Å². The van der Waals surface area contributed by atoms with Crippen LogP contribution in [0.5, 0.6) is 0 Å². The van der Waals surface area contributed by atoms with Crippen LogP contribution in [-0.2, 0) is 9.53 Å². The van der Waals surface area contributed by atoms with Gasteiger partial charge in [0.2, 0.25) is 0 Å². The number of hydrogen-bond donors (Lipinski definition) is 1. The third-order valence-electron chi connectivity index (χ3n) is 3.28. The molecule has 0 spiro atoms. The molecule has 1 fully saturated rings. The molecule has 0 aromatic rings. The lowest BCUT2D eigenvalue weighted by Gasteiger charge is -2.19. The van der Waals surface area contributed by atoms with Crippen LogP contribution in [0.1, 0.15) is 46.0 Å². The minimum Gasteiger partial charge on any atom is -0.464 e. The number of carbonyl (C=O) groups is 1. The topological polar surface area (TPSA) is 46.5 Å². The number of carbonyl (C=O) groups excluding carboxylic acids is 1. The summed E-state index contributed by atoms with van der Waals surface area (Å²) in [5, 5.41) is 9.81. The second-order valence-corrected chi connectivity index (χ2v) is 4.57. The highest BCUT2D eigenvalue weighted by Gasteiger charge is 2.28. The minimum absolute atomic E-state index is 0.106. The van der Waals surface area contributed by atoms with E-state index in [2.05, 4.69) is 6.92 Å². The monoisotopic (exact) mass is 214 g/mol. The summed E-state index contributed by atoms with van der Waals surface area (Å²) in [6.45, 7) is 4.35. The van der Waals surface area contributed by atoms with Gasteiger partial charge in [0.1, 0.15) is 0 Å². The first-order valence-electron chi connectivity index (χ1n) is 5.99. The molecule has 3 nitrogen and oxygen atoms in total. The van der Waals surface area contributed by atoms with Crippen LogP contribution in [0.2, 0.25) is 0 Å². The Kier molecular flexibility index (Phi) is 5.09. The molecular weight excluding hydrogens is 192 g/mol. The maximum atomic E-state index is 11.4. The van der Waals surface area contributed by atoms with Gasteiger partial charge >= 0.3 is 5.97 Å². The lowest BCUT2D eigenvalue weighted by molar-refractivity contribution is -0.156. The normalized spacial score (nSPS) is 29.3. The summed E-state index contributed by atoms with van der Waals surface area (Å²) in [4.78, 5) is 11.4. The standard InChI is InChI=1S/C12H22O3/c1-3-15-12(14)11(13)10-6-4-5-9(2)7-8-10/h9-11,13H,3-8H2,1-2H3. The molecule has 1 aliphatic carbocycles. The molecule has 1 rings (SSSR count). The summed E-state index contributed by atoms with van der Waals surface area (Å²) in [6.07, 6.45) is 4.43. The number of hydrogen-bond acceptors (Lipinski definition) is 3. The molecule has 0 aromatic heterocycles. The van der Waals surface area contributed by atoms with Crippen LogP contribution in [0.4, 0.5) is 0 Å².